The monoisotopic (exact) mass is 348 g/mol. The van der Waals surface area contributed by atoms with Gasteiger partial charge in [0, 0.05) is 5.02 Å². The Morgan fingerprint density at radius 2 is 1.83 bits per heavy atom. The largest absolute Gasteiger partial charge is 0.478 e. The van der Waals surface area contributed by atoms with E-state index in [1.807, 2.05) is 0 Å². The molecule has 18 heavy (non-hydrogen) atoms. The van der Waals surface area contributed by atoms with Gasteiger partial charge in [0.1, 0.15) is 5.69 Å². The Morgan fingerprint density at radius 3 is 2.33 bits per heavy atom. The van der Waals surface area contributed by atoms with Crippen molar-refractivity contribution in [3.8, 4) is 0 Å². The first-order valence-corrected chi connectivity index (χ1v) is 6.24. The minimum Gasteiger partial charge on any atom is -0.478 e. The van der Waals surface area contributed by atoms with Crippen LogP contribution in [0, 0.1) is 6.92 Å². The number of alkyl halides is 2. The average Bonchev–Trinajstić information content (AvgIpc) is 2.25. The van der Waals surface area contributed by atoms with Crippen molar-refractivity contribution in [3.05, 3.63) is 26.7 Å². The number of hydrogen-bond donors (Lipinski definition) is 1. The zero-order chi connectivity index (χ0) is 14.1. The number of aliphatic carboxylic acids is 1. The average molecular weight is 350 g/mol. The molecule has 0 heterocycles. The maximum atomic E-state index is 10.6. The van der Waals surface area contributed by atoms with Crippen molar-refractivity contribution in [2.24, 2.45) is 10.2 Å². The maximum Gasteiger partial charge on any atom is 0.365 e. The lowest BCUT2D eigenvalue weighted by Crippen LogP contribution is -2.21. The first-order valence-electron chi connectivity index (χ1n) is 4.35. The number of carboxylic acid groups (broad SMARTS) is 1. The molecule has 1 aromatic carbocycles. The molecule has 9 heteroatoms. The molecule has 0 unspecified atom stereocenters. The highest BCUT2D eigenvalue weighted by Crippen LogP contribution is 2.40. The van der Waals surface area contributed by atoms with E-state index in [1.165, 1.54) is 6.07 Å². The van der Waals surface area contributed by atoms with Crippen LogP contribution in [0.1, 0.15) is 5.56 Å². The lowest BCUT2D eigenvalue weighted by Gasteiger charge is -2.09. The molecule has 98 valence electrons. The number of azo groups is 1. The Bertz CT molecular complexity index is 530. The van der Waals surface area contributed by atoms with Crippen LogP contribution in [0.2, 0.25) is 15.1 Å². The van der Waals surface area contributed by atoms with Crippen LogP contribution >= 0.6 is 58.0 Å². The van der Waals surface area contributed by atoms with Crippen LogP contribution in [-0.4, -0.2) is 15.5 Å². The summed E-state index contributed by atoms with van der Waals surface area (Å²) >= 11 is 28.4. The highest BCUT2D eigenvalue weighted by Gasteiger charge is 2.33. The lowest BCUT2D eigenvalue weighted by molar-refractivity contribution is -0.137. The van der Waals surface area contributed by atoms with E-state index in [0.717, 1.165) is 0 Å². The van der Waals surface area contributed by atoms with Gasteiger partial charge < -0.3 is 5.11 Å². The molecule has 0 atom stereocenters. The molecule has 0 radical (unpaired) electrons. The van der Waals surface area contributed by atoms with E-state index in [1.54, 1.807) is 6.92 Å². The van der Waals surface area contributed by atoms with Crippen molar-refractivity contribution in [1.82, 2.24) is 0 Å². The molecule has 0 spiro atoms. The van der Waals surface area contributed by atoms with Crippen LogP contribution in [0.5, 0.6) is 0 Å². The number of hydrogen-bond acceptors (Lipinski definition) is 3. The summed E-state index contributed by atoms with van der Waals surface area (Å²) in [5, 5.41) is 16.1. The van der Waals surface area contributed by atoms with Gasteiger partial charge in [0.25, 0.3) is 0 Å². The smallest absolute Gasteiger partial charge is 0.365 e. The van der Waals surface area contributed by atoms with E-state index in [4.69, 9.17) is 63.1 Å². The first kappa shape index (κ1) is 15.8. The maximum absolute atomic E-state index is 10.6. The van der Waals surface area contributed by atoms with Gasteiger partial charge in [0.15, 0.2) is 0 Å². The zero-order valence-electron chi connectivity index (χ0n) is 8.72. The molecule has 0 aromatic heterocycles. The van der Waals surface area contributed by atoms with Crippen LogP contribution in [-0.2, 0) is 4.79 Å². The number of nitrogens with zero attached hydrogens (tertiary/aromatic N) is 2. The fraction of sp³-hybridized carbons (Fsp3) is 0.222. The fourth-order valence-corrected chi connectivity index (χ4v) is 1.84. The molecule has 1 N–H and O–H groups in total. The second-order valence-electron chi connectivity index (χ2n) is 3.17. The Morgan fingerprint density at radius 1 is 1.28 bits per heavy atom. The number of carbonyl (C=O) groups is 1. The molecule has 0 saturated heterocycles. The van der Waals surface area contributed by atoms with Crippen LogP contribution in [0.15, 0.2) is 16.3 Å². The van der Waals surface area contributed by atoms with Gasteiger partial charge in [-0.25, -0.2) is 4.79 Å². The zero-order valence-corrected chi connectivity index (χ0v) is 12.5. The van der Waals surface area contributed by atoms with Gasteiger partial charge in [-0.2, -0.15) is 0 Å². The van der Waals surface area contributed by atoms with Gasteiger partial charge in [0.2, 0.25) is 0 Å². The predicted octanol–water partition coefficient (Wildman–Crippen LogP) is 5.25. The van der Waals surface area contributed by atoms with Gasteiger partial charge >= 0.3 is 10.4 Å². The van der Waals surface area contributed by atoms with Gasteiger partial charge in [-0.3, -0.25) is 0 Å². The van der Waals surface area contributed by atoms with Gasteiger partial charge in [-0.15, -0.1) is 10.2 Å². The van der Waals surface area contributed by atoms with Gasteiger partial charge in [-0.05, 0) is 18.6 Å². The van der Waals surface area contributed by atoms with E-state index in [9.17, 15) is 4.79 Å². The van der Waals surface area contributed by atoms with Crippen molar-refractivity contribution in [2.75, 3.05) is 0 Å². The van der Waals surface area contributed by atoms with E-state index >= 15 is 0 Å². The molecule has 4 nitrogen and oxygen atoms in total. The molecular weight excluding hydrogens is 345 g/mol. The van der Waals surface area contributed by atoms with Crippen molar-refractivity contribution in [3.63, 3.8) is 0 Å². The third-order valence-corrected chi connectivity index (χ3v) is 3.53. The molecule has 0 aliphatic rings. The van der Waals surface area contributed by atoms with Crippen molar-refractivity contribution >= 4 is 69.7 Å². The molecule has 1 aromatic rings. The molecule has 0 bridgehead atoms. The van der Waals surface area contributed by atoms with Crippen molar-refractivity contribution < 1.29 is 9.90 Å². The van der Waals surface area contributed by atoms with Crippen LogP contribution in [0.3, 0.4) is 0 Å². The summed E-state index contributed by atoms with van der Waals surface area (Å²) in [7, 11) is 0. The predicted molar refractivity (Wildman–Crippen MR) is 72.8 cm³/mol. The highest BCUT2D eigenvalue weighted by atomic mass is 35.5. The Hall–Kier alpha value is -0.260. The third-order valence-electron chi connectivity index (χ3n) is 1.91. The molecule has 1 rings (SSSR count). The summed E-state index contributed by atoms with van der Waals surface area (Å²) in [6.07, 6.45) is 0. The molecule has 0 saturated carbocycles. The number of carboxylic acids is 1. The standard InChI is InChI=1S/C9H5Cl5N2O2/c1-3-4(10)2-5(11)7(6(3)12)15-16-9(13,14)8(17)18/h2H,1H3,(H,17,18). The van der Waals surface area contributed by atoms with Crippen molar-refractivity contribution in [2.45, 2.75) is 11.4 Å². The summed E-state index contributed by atoms with van der Waals surface area (Å²) in [5.74, 6) is -1.56. The minimum atomic E-state index is -2.40. The first-order chi connectivity index (χ1) is 8.16. The van der Waals surface area contributed by atoms with Crippen molar-refractivity contribution in [1.29, 1.82) is 0 Å². The number of benzene rings is 1. The van der Waals surface area contributed by atoms with Gasteiger partial charge in [-0.1, -0.05) is 58.0 Å². The summed E-state index contributed by atoms with van der Waals surface area (Å²) in [6, 6.07) is 1.41. The quantitative estimate of drug-likeness (QED) is 0.459. The lowest BCUT2D eigenvalue weighted by atomic mass is 10.2. The fourth-order valence-electron chi connectivity index (χ4n) is 0.922. The SMILES string of the molecule is Cc1c(Cl)cc(Cl)c(N=NC(Cl)(Cl)C(=O)O)c1Cl. The second kappa shape index (κ2) is 5.80. The normalized spacial score (nSPS) is 12.1. The molecule has 0 aliphatic carbocycles. The Kier molecular flexibility index (Phi) is 5.09. The molecule has 0 amide bonds. The highest BCUT2D eigenvalue weighted by molar-refractivity contribution is 6.57. The topological polar surface area (TPSA) is 62.0 Å². The molecular formula is C9H5Cl5N2O2. The number of halogens is 5. The van der Waals surface area contributed by atoms with E-state index in [2.05, 4.69) is 10.2 Å². The number of rotatable bonds is 3. The summed E-state index contributed by atoms with van der Waals surface area (Å²) in [6.45, 7) is 1.64. The van der Waals surface area contributed by atoms with Gasteiger partial charge in [0.05, 0.1) is 10.0 Å². The minimum absolute atomic E-state index is 0.0483. The van der Waals surface area contributed by atoms with Crippen LogP contribution in [0.4, 0.5) is 5.69 Å². The van der Waals surface area contributed by atoms with E-state index in [0.29, 0.717) is 10.6 Å². The second-order valence-corrected chi connectivity index (χ2v) is 5.65. The molecule has 0 fully saturated rings. The molecule has 0 aliphatic heterocycles. The third kappa shape index (κ3) is 3.39. The van der Waals surface area contributed by atoms with E-state index in [-0.39, 0.29) is 15.7 Å². The summed E-state index contributed by atoms with van der Waals surface area (Å²) < 4.78 is -2.40. The Balaban J connectivity index is 3.25. The Labute approximate surface area is 127 Å². The van der Waals surface area contributed by atoms with Crippen LogP contribution in [0.25, 0.3) is 0 Å². The van der Waals surface area contributed by atoms with Crippen LogP contribution < -0.4 is 0 Å². The summed E-state index contributed by atoms with van der Waals surface area (Å²) in [5.41, 5.74) is 0.578. The van der Waals surface area contributed by atoms with E-state index < -0.39 is 10.4 Å². The summed E-state index contributed by atoms with van der Waals surface area (Å²) in [4.78, 5) is 10.6.